The summed E-state index contributed by atoms with van der Waals surface area (Å²) in [7, 11) is 0. The standard InChI is InChI=1S/C27H32N4O2/c1-18-7-8-24(19(2)14-18)33-13-5-6-25(32)30-22-15-27(3,4)16-23-21(22)17-29-26(31-23)20-9-11-28-12-10-20/h7-12,14,17,22H,5-6,13,15-16H2,1-4H3,(H,30,32)/t22-/m1/s1. The van der Waals surface area contributed by atoms with Crippen molar-refractivity contribution in [2.24, 2.45) is 5.41 Å². The van der Waals surface area contributed by atoms with Crippen LogP contribution in [-0.2, 0) is 11.2 Å². The number of hydrogen-bond acceptors (Lipinski definition) is 5. The van der Waals surface area contributed by atoms with Gasteiger partial charge in [0.1, 0.15) is 5.75 Å². The van der Waals surface area contributed by atoms with Gasteiger partial charge in [0.15, 0.2) is 5.82 Å². The summed E-state index contributed by atoms with van der Waals surface area (Å²) < 4.78 is 5.87. The van der Waals surface area contributed by atoms with Crippen molar-refractivity contribution in [1.29, 1.82) is 0 Å². The molecule has 1 aliphatic rings. The molecule has 1 amide bonds. The highest BCUT2D eigenvalue weighted by Gasteiger charge is 2.34. The van der Waals surface area contributed by atoms with Crippen LogP contribution in [0.3, 0.4) is 0 Å². The second-order valence-corrected chi connectivity index (χ2v) is 9.72. The maximum absolute atomic E-state index is 12.7. The van der Waals surface area contributed by atoms with Crippen molar-refractivity contribution in [3.8, 4) is 17.1 Å². The lowest BCUT2D eigenvalue weighted by Crippen LogP contribution is -2.37. The van der Waals surface area contributed by atoms with Gasteiger partial charge >= 0.3 is 0 Å². The number of benzene rings is 1. The minimum atomic E-state index is -0.0806. The van der Waals surface area contributed by atoms with Crippen molar-refractivity contribution in [3.63, 3.8) is 0 Å². The van der Waals surface area contributed by atoms with E-state index in [0.29, 0.717) is 25.3 Å². The fourth-order valence-corrected chi connectivity index (χ4v) is 4.46. The highest BCUT2D eigenvalue weighted by molar-refractivity contribution is 5.76. The second-order valence-electron chi connectivity index (χ2n) is 9.72. The third-order valence-electron chi connectivity index (χ3n) is 6.09. The van der Waals surface area contributed by atoms with E-state index in [-0.39, 0.29) is 17.4 Å². The van der Waals surface area contributed by atoms with Gasteiger partial charge in [0.25, 0.3) is 0 Å². The van der Waals surface area contributed by atoms with Crippen molar-refractivity contribution in [1.82, 2.24) is 20.3 Å². The Morgan fingerprint density at radius 3 is 2.73 bits per heavy atom. The van der Waals surface area contributed by atoms with Gasteiger partial charge in [-0.2, -0.15) is 0 Å². The predicted octanol–water partition coefficient (Wildman–Crippen LogP) is 5.14. The molecule has 0 bridgehead atoms. The zero-order valence-electron chi connectivity index (χ0n) is 19.9. The molecule has 0 aliphatic heterocycles. The average molecular weight is 445 g/mol. The zero-order valence-corrected chi connectivity index (χ0v) is 19.9. The molecule has 6 heteroatoms. The van der Waals surface area contributed by atoms with Crippen molar-refractivity contribution < 1.29 is 9.53 Å². The number of carbonyl (C=O) groups excluding carboxylic acids is 1. The number of fused-ring (bicyclic) bond motifs is 1. The Labute approximate surface area is 195 Å². The molecular formula is C27H32N4O2. The SMILES string of the molecule is Cc1ccc(OCCCC(=O)N[C@@H]2CC(C)(C)Cc3nc(-c4ccncc4)ncc32)c(C)c1. The van der Waals surface area contributed by atoms with Gasteiger partial charge in [-0.25, -0.2) is 9.97 Å². The van der Waals surface area contributed by atoms with Crippen molar-refractivity contribution in [3.05, 3.63) is 71.3 Å². The Hall–Kier alpha value is -3.28. The molecule has 4 rings (SSSR count). The van der Waals surface area contributed by atoms with E-state index in [2.05, 4.69) is 42.1 Å². The smallest absolute Gasteiger partial charge is 0.220 e. The molecule has 3 aromatic rings. The number of carbonyl (C=O) groups is 1. The van der Waals surface area contributed by atoms with Gasteiger partial charge in [0.2, 0.25) is 5.91 Å². The van der Waals surface area contributed by atoms with Crippen LogP contribution in [0, 0.1) is 19.3 Å². The van der Waals surface area contributed by atoms with E-state index in [0.717, 1.165) is 41.0 Å². The Morgan fingerprint density at radius 2 is 1.97 bits per heavy atom. The number of aryl methyl sites for hydroxylation is 2. The highest BCUT2D eigenvalue weighted by atomic mass is 16.5. The molecule has 2 heterocycles. The fraction of sp³-hybridized carbons (Fsp3) is 0.407. The summed E-state index contributed by atoms with van der Waals surface area (Å²) in [6.07, 6.45) is 8.18. The van der Waals surface area contributed by atoms with Gasteiger partial charge in [0, 0.05) is 36.1 Å². The van der Waals surface area contributed by atoms with Gasteiger partial charge in [0.05, 0.1) is 18.3 Å². The first-order valence-electron chi connectivity index (χ1n) is 11.6. The molecule has 6 nitrogen and oxygen atoms in total. The predicted molar refractivity (Wildman–Crippen MR) is 129 cm³/mol. The van der Waals surface area contributed by atoms with Crippen LogP contribution >= 0.6 is 0 Å². The Bertz CT molecular complexity index is 1130. The van der Waals surface area contributed by atoms with Gasteiger partial charge in [-0.05, 0) is 62.3 Å². The minimum Gasteiger partial charge on any atom is -0.493 e. The van der Waals surface area contributed by atoms with E-state index in [1.54, 1.807) is 12.4 Å². The van der Waals surface area contributed by atoms with E-state index >= 15 is 0 Å². The van der Waals surface area contributed by atoms with E-state index < -0.39 is 0 Å². The maximum Gasteiger partial charge on any atom is 0.220 e. The van der Waals surface area contributed by atoms with Gasteiger partial charge in [-0.15, -0.1) is 0 Å². The molecule has 33 heavy (non-hydrogen) atoms. The number of amides is 1. The van der Waals surface area contributed by atoms with Crippen LogP contribution in [-0.4, -0.2) is 27.5 Å². The summed E-state index contributed by atoms with van der Waals surface area (Å²) in [6, 6.07) is 9.88. The van der Waals surface area contributed by atoms with Crippen LogP contribution in [0.4, 0.5) is 0 Å². The summed E-state index contributed by atoms with van der Waals surface area (Å²) >= 11 is 0. The van der Waals surface area contributed by atoms with E-state index in [1.807, 2.05) is 37.4 Å². The van der Waals surface area contributed by atoms with Gasteiger partial charge in [-0.3, -0.25) is 9.78 Å². The molecule has 0 spiro atoms. The maximum atomic E-state index is 12.7. The summed E-state index contributed by atoms with van der Waals surface area (Å²) in [5.41, 5.74) is 5.35. The van der Waals surface area contributed by atoms with E-state index in [1.165, 1.54) is 5.56 Å². The molecule has 2 aromatic heterocycles. The average Bonchev–Trinajstić information content (AvgIpc) is 2.77. The molecular weight excluding hydrogens is 412 g/mol. The monoisotopic (exact) mass is 444 g/mol. The zero-order chi connectivity index (χ0) is 23.4. The van der Waals surface area contributed by atoms with Crippen LogP contribution in [0.15, 0.2) is 48.9 Å². The van der Waals surface area contributed by atoms with Crippen molar-refractivity contribution in [2.45, 2.75) is 59.4 Å². The van der Waals surface area contributed by atoms with E-state index in [9.17, 15) is 4.79 Å². The quantitative estimate of drug-likeness (QED) is 0.510. The lowest BCUT2D eigenvalue weighted by molar-refractivity contribution is -0.122. The summed E-state index contributed by atoms with van der Waals surface area (Å²) in [6.45, 7) is 9.07. The van der Waals surface area contributed by atoms with Crippen molar-refractivity contribution in [2.75, 3.05) is 6.61 Å². The second kappa shape index (κ2) is 9.69. The van der Waals surface area contributed by atoms with Gasteiger partial charge < -0.3 is 10.1 Å². The summed E-state index contributed by atoms with van der Waals surface area (Å²) in [5, 5.41) is 3.22. The van der Waals surface area contributed by atoms with Crippen LogP contribution in [0.2, 0.25) is 0 Å². The number of hydrogen-bond donors (Lipinski definition) is 1. The first kappa shape index (κ1) is 22.9. The molecule has 0 saturated heterocycles. The number of rotatable bonds is 7. The largest absolute Gasteiger partial charge is 0.493 e. The Kier molecular flexibility index (Phi) is 6.72. The first-order chi connectivity index (χ1) is 15.8. The van der Waals surface area contributed by atoms with Crippen molar-refractivity contribution >= 4 is 5.91 Å². The number of pyridine rings is 1. The Morgan fingerprint density at radius 1 is 1.18 bits per heavy atom. The third kappa shape index (κ3) is 5.75. The first-order valence-corrected chi connectivity index (χ1v) is 11.6. The molecule has 172 valence electrons. The normalized spacial score (nSPS) is 16.7. The third-order valence-corrected chi connectivity index (χ3v) is 6.09. The molecule has 0 unspecified atom stereocenters. The highest BCUT2D eigenvalue weighted by Crippen LogP contribution is 2.40. The van der Waals surface area contributed by atoms with Crippen LogP contribution in [0.1, 0.15) is 61.5 Å². The van der Waals surface area contributed by atoms with Crippen LogP contribution < -0.4 is 10.1 Å². The number of ether oxygens (including phenoxy) is 1. The molecule has 1 aromatic carbocycles. The molecule has 0 fully saturated rings. The summed E-state index contributed by atoms with van der Waals surface area (Å²) in [4.78, 5) is 26.2. The molecule has 1 N–H and O–H groups in total. The molecule has 0 radical (unpaired) electrons. The number of nitrogens with one attached hydrogen (secondary N) is 1. The lowest BCUT2D eigenvalue weighted by Gasteiger charge is -2.36. The summed E-state index contributed by atoms with van der Waals surface area (Å²) in [5.74, 6) is 1.61. The van der Waals surface area contributed by atoms with Crippen LogP contribution in [0.5, 0.6) is 5.75 Å². The van der Waals surface area contributed by atoms with E-state index in [4.69, 9.17) is 9.72 Å². The van der Waals surface area contributed by atoms with Crippen LogP contribution in [0.25, 0.3) is 11.4 Å². The Balaban J connectivity index is 1.38. The topological polar surface area (TPSA) is 77.0 Å². The lowest BCUT2D eigenvalue weighted by atomic mass is 9.74. The molecule has 1 atom stereocenters. The van der Waals surface area contributed by atoms with Gasteiger partial charge in [-0.1, -0.05) is 31.5 Å². The number of aromatic nitrogens is 3. The number of nitrogens with zero attached hydrogens (tertiary/aromatic N) is 3. The molecule has 0 saturated carbocycles. The molecule has 1 aliphatic carbocycles. The minimum absolute atomic E-state index is 0.0334. The fourth-order valence-electron chi connectivity index (χ4n) is 4.46.